The molecule has 0 aromatic heterocycles. The van der Waals surface area contributed by atoms with Crippen LogP contribution in [0, 0.1) is 0 Å². The first kappa shape index (κ1) is 32.9. The first-order valence-corrected chi connectivity index (χ1v) is 14.6. The zero-order chi connectivity index (χ0) is 31.4. The smallest absolute Gasteiger partial charge is 0.408 e. The molecule has 0 bridgehead atoms. The van der Waals surface area contributed by atoms with Gasteiger partial charge in [0.1, 0.15) is 23.4 Å². The van der Waals surface area contributed by atoms with Crippen LogP contribution in [0.1, 0.15) is 68.8 Å². The van der Waals surface area contributed by atoms with Gasteiger partial charge in [-0.3, -0.25) is 9.59 Å². The van der Waals surface area contributed by atoms with Crippen LogP contribution in [0.25, 0.3) is 6.08 Å². The van der Waals surface area contributed by atoms with Gasteiger partial charge in [0, 0.05) is 19.5 Å². The summed E-state index contributed by atoms with van der Waals surface area (Å²) in [5, 5.41) is 15.5. The van der Waals surface area contributed by atoms with E-state index in [2.05, 4.69) is 17.2 Å². The number of hydrogen-bond donors (Lipinski definition) is 3. The van der Waals surface area contributed by atoms with E-state index < -0.39 is 29.7 Å². The van der Waals surface area contributed by atoms with Gasteiger partial charge in [-0.2, -0.15) is 0 Å². The maximum absolute atomic E-state index is 14.5. The van der Waals surface area contributed by atoms with Crippen molar-refractivity contribution in [2.75, 3.05) is 6.54 Å². The second kappa shape index (κ2) is 15.6. The number of rotatable bonds is 13. The van der Waals surface area contributed by atoms with Crippen LogP contribution in [0.3, 0.4) is 0 Å². The Balaban J connectivity index is 2.03. The van der Waals surface area contributed by atoms with E-state index in [0.29, 0.717) is 25.1 Å². The first-order valence-electron chi connectivity index (χ1n) is 14.6. The monoisotopic (exact) mass is 585 g/mol. The molecule has 3 amide bonds. The van der Waals surface area contributed by atoms with Crippen LogP contribution in [0.4, 0.5) is 4.79 Å². The van der Waals surface area contributed by atoms with Crippen molar-refractivity contribution >= 4 is 24.0 Å². The molecule has 0 saturated carbocycles. The second-order valence-corrected chi connectivity index (χ2v) is 11.4. The minimum absolute atomic E-state index is 0.0913. The van der Waals surface area contributed by atoms with Crippen LogP contribution in [-0.2, 0) is 27.3 Å². The van der Waals surface area contributed by atoms with Gasteiger partial charge in [0.05, 0.1) is 0 Å². The van der Waals surface area contributed by atoms with E-state index in [9.17, 15) is 19.5 Å². The number of unbranched alkanes of at least 4 members (excludes halogenated alkanes) is 1. The maximum Gasteiger partial charge on any atom is 0.408 e. The minimum Gasteiger partial charge on any atom is -0.508 e. The summed E-state index contributed by atoms with van der Waals surface area (Å²) in [4.78, 5) is 42.9. The topological polar surface area (TPSA) is 108 Å². The Morgan fingerprint density at radius 1 is 0.977 bits per heavy atom. The number of hydrogen-bond acceptors (Lipinski definition) is 5. The fourth-order valence-corrected chi connectivity index (χ4v) is 4.62. The van der Waals surface area contributed by atoms with Crippen LogP contribution in [0.2, 0.25) is 0 Å². The zero-order valence-electron chi connectivity index (χ0n) is 25.5. The van der Waals surface area contributed by atoms with E-state index in [-0.39, 0.29) is 18.1 Å². The van der Waals surface area contributed by atoms with Gasteiger partial charge in [-0.25, -0.2) is 4.79 Å². The Morgan fingerprint density at radius 3 is 2.30 bits per heavy atom. The standard InChI is InChI=1S/C35H43N3O5/c1-6-8-21-38(33(41)30(37-34(42)43-35(3,4)5)23-26-17-19-29(39)20-18-26)31(28-16-12-15-25(7-2)22-28)32(40)36-24-27-13-10-9-11-14-27/h7,9-20,22,30-31,39H,2,6,8,21,23-24H2,1,3-5H3,(H,36,40)(H,37,42). The molecule has 3 N–H and O–H groups in total. The lowest BCUT2D eigenvalue weighted by atomic mass is 9.98. The predicted octanol–water partition coefficient (Wildman–Crippen LogP) is 6.16. The number of carbonyl (C=O) groups is 3. The van der Waals surface area contributed by atoms with Crippen molar-refractivity contribution in [1.82, 2.24) is 15.5 Å². The van der Waals surface area contributed by atoms with Crippen molar-refractivity contribution in [2.45, 2.75) is 71.2 Å². The predicted molar refractivity (Wildman–Crippen MR) is 169 cm³/mol. The summed E-state index contributed by atoms with van der Waals surface area (Å²) in [6, 6.07) is 21.4. The number of alkyl carbamates (subject to hydrolysis) is 1. The number of nitrogens with one attached hydrogen (secondary N) is 2. The molecule has 8 heteroatoms. The molecule has 3 aromatic carbocycles. The summed E-state index contributed by atoms with van der Waals surface area (Å²) in [7, 11) is 0. The van der Waals surface area contributed by atoms with Gasteiger partial charge in [-0.05, 0) is 67.6 Å². The van der Waals surface area contributed by atoms with Gasteiger partial charge in [0.2, 0.25) is 11.8 Å². The van der Waals surface area contributed by atoms with Gasteiger partial charge in [0.15, 0.2) is 0 Å². The molecule has 0 aliphatic carbocycles. The molecule has 0 radical (unpaired) electrons. The largest absolute Gasteiger partial charge is 0.508 e. The number of amides is 3. The Labute approximate surface area is 254 Å². The van der Waals surface area contributed by atoms with E-state index in [1.54, 1.807) is 43.9 Å². The molecule has 228 valence electrons. The minimum atomic E-state index is -1.04. The lowest BCUT2D eigenvalue weighted by Crippen LogP contribution is -2.54. The van der Waals surface area contributed by atoms with Crippen molar-refractivity contribution in [1.29, 1.82) is 0 Å². The summed E-state index contributed by atoms with van der Waals surface area (Å²) in [6.45, 7) is 11.7. The highest BCUT2D eigenvalue weighted by Crippen LogP contribution is 2.26. The van der Waals surface area contributed by atoms with Gasteiger partial charge in [-0.15, -0.1) is 0 Å². The molecule has 0 spiro atoms. The number of aromatic hydroxyl groups is 1. The quantitative estimate of drug-likeness (QED) is 0.223. The highest BCUT2D eigenvalue weighted by atomic mass is 16.6. The SMILES string of the molecule is C=Cc1cccc(C(C(=O)NCc2ccccc2)N(CCCC)C(=O)C(Cc2ccc(O)cc2)NC(=O)OC(C)(C)C)c1. The number of benzene rings is 3. The third kappa shape index (κ3) is 10.3. The highest BCUT2D eigenvalue weighted by molar-refractivity contribution is 5.92. The molecule has 8 nitrogen and oxygen atoms in total. The lowest BCUT2D eigenvalue weighted by Gasteiger charge is -2.35. The summed E-state index contributed by atoms with van der Waals surface area (Å²) in [5.41, 5.74) is 2.32. The van der Waals surface area contributed by atoms with Crippen molar-refractivity contribution < 1.29 is 24.2 Å². The Bertz CT molecular complexity index is 1370. The van der Waals surface area contributed by atoms with Gasteiger partial charge in [-0.1, -0.05) is 86.7 Å². The van der Waals surface area contributed by atoms with Crippen LogP contribution >= 0.6 is 0 Å². The molecule has 3 rings (SSSR count). The van der Waals surface area contributed by atoms with Gasteiger partial charge in [0.25, 0.3) is 0 Å². The number of ether oxygens (including phenoxy) is 1. The van der Waals surface area contributed by atoms with Crippen molar-refractivity contribution in [3.05, 3.63) is 108 Å². The molecule has 0 fully saturated rings. The van der Waals surface area contributed by atoms with Crippen molar-refractivity contribution in [2.24, 2.45) is 0 Å². The molecule has 0 aliphatic heterocycles. The Hall–Kier alpha value is -4.59. The molecule has 0 aliphatic rings. The number of phenols is 1. The molecule has 2 atom stereocenters. The Kier molecular flexibility index (Phi) is 11.9. The third-order valence-corrected chi connectivity index (χ3v) is 6.73. The van der Waals surface area contributed by atoms with Crippen molar-refractivity contribution in [3.8, 4) is 5.75 Å². The van der Waals surface area contributed by atoms with Crippen LogP contribution in [0.5, 0.6) is 5.75 Å². The molecular weight excluding hydrogens is 542 g/mol. The molecule has 0 saturated heterocycles. The summed E-state index contributed by atoms with van der Waals surface area (Å²) in [5.74, 6) is -0.667. The molecule has 2 unspecified atom stereocenters. The fourth-order valence-electron chi connectivity index (χ4n) is 4.62. The maximum atomic E-state index is 14.5. The molecular formula is C35H43N3O5. The van der Waals surface area contributed by atoms with E-state index in [1.165, 1.54) is 12.1 Å². The molecule has 43 heavy (non-hydrogen) atoms. The average Bonchev–Trinajstić information content (AvgIpc) is 2.98. The molecule has 0 heterocycles. The van der Waals surface area contributed by atoms with E-state index in [4.69, 9.17) is 4.74 Å². The number of phenolic OH excluding ortho intramolecular Hbond substituents is 1. The lowest BCUT2D eigenvalue weighted by molar-refractivity contribution is -0.142. The van der Waals surface area contributed by atoms with Crippen molar-refractivity contribution in [3.63, 3.8) is 0 Å². The summed E-state index contributed by atoms with van der Waals surface area (Å²) >= 11 is 0. The van der Waals surface area contributed by atoms with E-state index in [1.807, 2.05) is 61.5 Å². The Morgan fingerprint density at radius 2 is 1.67 bits per heavy atom. The average molecular weight is 586 g/mol. The van der Waals surface area contributed by atoms with Crippen LogP contribution in [0.15, 0.2) is 85.4 Å². The molecule has 3 aromatic rings. The number of nitrogens with zero attached hydrogens (tertiary/aromatic N) is 1. The number of carbonyl (C=O) groups excluding carboxylic acids is 3. The normalized spacial score (nSPS) is 12.5. The zero-order valence-corrected chi connectivity index (χ0v) is 25.5. The summed E-state index contributed by atoms with van der Waals surface area (Å²) < 4.78 is 5.50. The second-order valence-electron chi connectivity index (χ2n) is 11.4. The van der Waals surface area contributed by atoms with E-state index in [0.717, 1.165) is 23.1 Å². The van der Waals surface area contributed by atoms with E-state index >= 15 is 0 Å². The summed E-state index contributed by atoms with van der Waals surface area (Å²) in [6.07, 6.45) is 2.52. The van der Waals surface area contributed by atoms with Crippen LogP contribution < -0.4 is 10.6 Å². The first-order chi connectivity index (χ1) is 20.5. The van der Waals surface area contributed by atoms with Gasteiger partial charge < -0.3 is 25.4 Å². The highest BCUT2D eigenvalue weighted by Gasteiger charge is 2.36. The van der Waals surface area contributed by atoms with Crippen LogP contribution in [-0.4, -0.2) is 46.1 Å². The fraction of sp³-hybridized carbons (Fsp3) is 0.343. The van der Waals surface area contributed by atoms with Gasteiger partial charge >= 0.3 is 6.09 Å². The third-order valence-electron chi connectivity index (χ3n) is 6.73.